The van der Waals surface area contributed by atoms with E-state index in [1.54, 1.807) is 18.2 Å². The first-order valence-electron chi connectivity index (χ1n) is 7.23. The highest BCUT2D eigenvalue weighted by molar-refractivity contribution is 7.92. The quantitative estimate of drug-likeness (QED) is 0.732. The number of amides is 1. The maximum Gasteiger partial charge on any atom is 0.310 e. The highest BCUT2D eigenvalue weighted by atomic mass is 32.2. The van der Waals surface area contributed by atoms with Crippen LogP contribution in [0.25, 0.3) is 0 Å². The smallest absolute Gasteiger partial charge is 0.310 e. The average Bonchev–Trinajstić information content (AvgIpc) is 2.35. The summed E-state index contributed by atoms with van der Waals surface area (Å²) in [5, 5.41) is 11.9. The minimum absolute atomic E-state index is 0.116. The number of carboxylic acid groups (broad SMARTS) is 1. The van der Waals surface area contributed by atoms with Crippen molar-refractivity contribution in [3.05, 3.63) is 23.8 Å². The highest BCUT2D eigenvalue weighted by Gasteiger charge is 2.45. The van der Waals surface area contributed by atoms with Crippen LogP contribution in [0.5, 0.6) is 0 Å². The third-order valence-corrected chi connectivity index (χ3v) is 4.60. The Morgan fingerprint density at radius 1 is 1.26 bits per heavy atom. The van der Waals surface area contributed by atoms with Crippen LogP contribution in [0.3, 0.4) is 0 Å². The van der Waals surface area contributed by atoms with Crippen LogP contribution < -0.4 is 10.0 Å². The molecule has 23 heavy (non-hydrogen) atoms. The molecule has 0 bridgehead atoms. The van der Waals surface area contributed by atoms with Gasteiger partial charge in [-0.1, -0.05) is 12.5 Å². The predicted octanol–water partition coefficient (Wildman–Crippen LogP) is 1.95. The Labute approximate surface area is 135 Å². The molecule has 0 atom stereocenters. The van der Waals surface area contributed by atoms with Crippen molar-refractivity contribution in [3.63, 3.8) is 0 Å². The molecule has 0 heterocycles. The number of hydrogen-bond donors (Lipinski definition) is 3. The summed E-state index contributed by atoms with van der Waals surface area (Å²) in [7, 11) is -3.49. The number of anilines is 2. The van der Waals surface area contributed by atoms with E-state index >= 15 is 0 Å². The van der Waals surface area contributed by atoms with Gasteiger partial charge >= 0.3 is 5.97 Å². The van der Waals surface area contributed by atoms with Crippen molar-refractivity contribution in [2.75, 3.05) is 16.3 Å². The van der Waals surface area contributed by atoms with Crippen LogP contribution in [0.1, 0.15) is 31.2 Å². The van der Waals surface area contributed by atoms with Crippen LogP contribution in [0.4, 0.5) is 11.4 Å². The Hall–Kier alpha value is -2.09. The van der Waals surface area contributed by atoms with Crippen molar-refractivity contribution in [3.8, 4) is 0 Å². The fourth-order valence-electron chi connectivity index (χ4n) is 2.62. The summed E-state index contributed by atoms with van der Waals surface area (Å²) in [6, 6.07) is 4.91. The predicted molar refractivity (Wildman–Crippen MR) is 86.8 cm³/mol. The fraction of sp³-hybridized carbons (Fsp3) is 0.467. The lowest BCUT2D eigenvalue weighted by Crippen LogP contribution is -2.41. The second kappa shape index (κ2) is 6.19. The molecule has 3 N–H and O–H groups in total. The molecule has 0 unspecified atom stereocenters. The van der Waals surface area contributed by atoms with Crippen molar-refractivity contribution in [2.24, 2.45) is 5.41 Å². The van der Waals surface area contributed by atoms with Crippen LogP contribution in [-0.2, 0) is 19.6 Å². The molecule has 2 rings (SSSR count). The van der Waals surface area contributed by atoms with Gasteiger partial charge in [0.05, 0.1) is 23.0 Å². The van der Waals surface area contributed by atoms with Crippen molar-refractivity contribution >= 4 is 33.3 Å². The minimum Gasteiger partial charge on any atom is -0.481 e. The Bertz CT molecular complexity index is 738. The maximum absolute atomic E-state index is 12.2. The van der Waals surface area contributed by atoms with Crippen LogP contribution in [0.15, 0.2) is 18.2 Å². The Balaban J connectivity index is 2.17. The lowest BCUT2D eigenvalue weighted by molar-refractivity contribution is -0.157. The molecule has 0 aromatic heterocycles. The van der Waals surface area contributed by atoms with Gasteiger partial charge in [0.1, 0.15) is 0 Å². The molecule has 1 aliphatic carbocycles. The first-order valence-corrected chi connectivity index (χ1v) is 9.12. The van der Waals surface area contributed by atoms with Crippen molar-refractivity contribution in [1.29, 1.82) is 0 Å². The summed E-state index contributed by atoms with van der Waals surface area (Å²) in [5.41, 5.74) is 0.430. The second-order valence-corrected chi connectivity index (χ2v) is 7.84. The van der Waals surface area contributed by atoms with E-state index in [4.69, 9.17) is 0 Å². The van der Waals surface area contributed by atoms with Crippen LogP contribution in [0.2, 0.25) is 0 Å². The Kier molecular flexibility index (Phi) is 4.65. The number of nitrogens with one attached hydrogen (secondary N) is 2. The van der Waals surface area contributed by atoms with Gasteiger partial charge in [0, 0.05) is 6.42 Å². The number of aliphatic carboxylic acids is 1. The SMILES string of the molecule is Cc1ccc(NS(C)(=O)=O)c(NC(=O)CC2(C(=O)O)CCC2)c1. The maximum atomic E-state index is 12.2. The molecule has 7 nitrogen and oxygen atoms in total. The minimum atomic E-state index is -3.49. The van der Waals surface area contributed by atoms with Gasteiger partial charge in [-0.2, -0.15) is 0 Å². The van der Waals surface area contributed by atoms with E-state index in [1.807, 2.05) is 6.92 Å². The highest BCUT2D eigenvalue weighted by Crippen LogP contribution is 2.44. The molecule has 1 saturated carbocycles. The summed E-state index contributed by atoms with van der Waals surface area (Å²) in [6.07, 6.45) is 2.67. The number of benzene rings is 1. The van der Waals surface area contributed by atoms with Crippen LogP contribution >= 0.6 is 0 Å². The largest absolute Gasteiger partial charge is 0.481 e. The van der Waals surface area contributed by atoms with E-state index in [-0.39, 0.29) is 12.1 Å². The number of carboxylic acids is 1. The molecule has 126 valence electrons. The normalized spacial score (nSPS) is 16.3. The standard InChI is InChI=1S/C15H20N2O5S/c1-10-4-5-11(17-23(2,21)22)12(8-10)16-13(18)9-15(14(19)20)6-3-7-15/h4-5,8,17H,3,6-7,9H2,1-2H3,(H,16,18)(H,19,20). The van der Waals surface area contributed by atoms with Crippen LogP contribution in [0, 0.1) is 12.3 Å². The number of aryl methyl sites for hydroxylation is 1. The Morgan fingerprint density at radius 2 is 1.91 bits per heavy atom. The topological polar surface area (TPSA) is 113 Å². The van der Waals surface area contributed by atoms with E-state index < -0.39 is 27.3 Å². The molecule has 1 aromatic rings. The van der Waals surface area contributed by atoms with Gasteiger partial charge in [-0.3, -0.25) is 14.3 Å². The molecule has 0 aliphatic heterocycles. The first kappa shape index (κ1) is 17.3. The molecule has 1 aromatic carbocycles. The van der Waals surface area contributed by atoms with Gasteiger partial charge in [0.2, 0.25) is 15.9 Å². The fourth-order valence-corrected chi connectivity index (χ4v) is 3.20. The van der Waals surface area contributed by atoms with E-state index in [2.05, 4.69) is 10.0 Å². The zero-order valence-corrected chi connectivity index (χ0v) is 13.9. The first-order chi connectivity index (χ1) is 10.6. The summed E-state index contributed by atoms with van der Waals surface area (Å²) in [4.78, 5) is 23.5. The number of sulfonamides is 1. The van der Waals surface area contributed by atoms with Crippen molar-refractivity contribution in [2.45, 2.75) is 32.6 Å². The molecule has 0 saturated heterocycles. The van der Waals surface area contributed by atoms with Gasteiger partial charge < -0.3 is 10.4 Å². The van der Waals surface area contributed by atoms with E-state index in [0.29, 0.717) is 18.5 Å². The number of hydrogen-bond acceptors (Lipinski definition) is 4. The van der Waals surface area contributed by atoms with Gasteiger partial charge in [0.15, 0.2) is 0 Å². The lowest BCUT2D eigenvalue weighted by Gasteiger charge is -2.36. The summed E-state index contributed by atoms with van der Waals surface area (Å²) < 4.78 is 25.1. The Morgan fingerprint density at radius 3 is 2.39 bits per heavy atom. The lowest BCUT2D eigenvalue weighted by atomic mass is 9.66. The molecule has 1 fully saturated rings. The van der Waals surface area contributed by atoms with E-state index in [9.17, 15) is 23.1 Å². The average molecular weight is 340 g/mol. The molecular weight excluding hydrogens is 320 g/mol. The third kappa shape index (κ3) is 4.22. The second-order valence-electron chi connectivity index (χ2n) is 6.09. The molecular formula is C15H20N2O5S. The van der Waals surface area contributed by atoms with Gasteiger partial charge in [-0.15, -0.1) is 0 Å². The number of carbonyl (C=O) groups is 2. The monoisotopic (exact) mass is 340 g/mol. The molecule has 0 radical (unpaired) electrons. The van der Waals surface area contributed by atoms with E-state index in [1.165, 1.54) is 0 Å². The van der Waals surface area contributed by atoms with Gasteiger partial charge in [0.25, 0.3) is 0 Å². The third-order valence-electron chi connectivity index (χ3n) is 4.01. The van der Waals surface area contributed by atoms with Gasteiger partial charge in [-0.05, 0) is 37.5 Å². The zero-order chi connectivity index (χ0) is 17.3. The summed E-state index contributed by atoms with van der Waals surface area (Å²) >= 11 is 0. The van der Waals surface area contributed by atoms with Crippen molar-refractivity contribution in [1.82, 2.24) is 0 Å². The zero-order valence-electron chi connectivity index (χ0n) is 13.0. The van der Waals surface area contributed by atoms with Crippen LogP contribution in [-0.4, -0.2) is 31.7 Å². The van der Waals surface area contributed by atoms with Crippen molar-refractivity contribution < 1.29 is 23.1 Å². The molecule has 1 amide bonds. The molecule has 8 heteroatoms. The molecule has 0 spiro atoms. The summed E-state index contributed by atoms with van der Waals surface area (Å²) in [6.45, 7) is 1.81. The van der Waals surface area contributed by atoms with Gasteiger partial charge in [-0.25, -0.2) is 8.42 Å². The summed E-state index contributed by atoms with van der Waals surface area (Å²) in [5.74, 6) is -1.40. The molecule has 1 aliphatic rings. The van der Waals surface area contributed by atoms with E-state index in [0.717, 1.165) is 18.2 Å². The number of rotatable bonds is 6. The number of carbonyl (C=O) groups excluding carboxylic acids is 1.